The van der Waals surface area contributed by atoms with Crippen molar-refractivity contribution in [1.29, 1.82) is 0 Å². The van der Waals surface area contributed by atoms with Crippen molar-refractivity contribution in [3.8, 4) is 5.75 Å². The summed E-state index contributed by atoms with van der Waals surface area (Å²) in [7, 11) is -2.13. The van der Waals surface area contributed by atoms with Crippen LogP contribution in [0.1, 0.15) is 35.8 Å². The molecule has 180 valence electrons. The summed E-state index contributed by atoms with van der Waals surface area (Å²) in [5, 5.41) is 0. The molecule has 0 spiro atoms. The number of amides is 1. The number of nitrogens with zero attached hydrogens (tertiary/aromatic N) is 2. The number of nitrogens with one attached hydrogen (secondary N) is 1. The van der Waals surface area contributed by atoms with Crippen LogP contribution in [0.3, 0.4) is 0 Å². The van der Waals surface area contributed by atoms with Gasteiger partial charge in [0.05, 0.1) is 25.2 Å². The zero-order valence-electron chi connectivity index (χ0n) is 19.5. The molecule has 1 heterocycles. The number of methoxy groups -OCH3 is 1. The monoisotopic (exact) mass is 475 g/mol. The molecule has 1 aliphatic heterocycles. The van der Waals surface area contributed by atoms with Gasteiger partial charge in [0.15, 0.2) is 0 Å². The Bertz CT molecular complexity index is 999. The van der Waals surface area contributed by atoms with Crippen molar-refractivity contribution in [3.63, 3.8) is 0 Å². The Labute approximate surface area is 196 Å². The van der Waals surface area contributed by atoms with Crippen LogP contribution in [0, 0.1) is 0 Å². The van der Waals surface area contributed by atoms with Gasteiger partial charge in [-0.1, -0.05) is 12.1 Å². The van der Waals surface area contributed by atoms with Gasteiger partial charge in [-0.2, -0.15) is 0 Å². The van der Waals surface area contributed by atoms with Crippen LogP contribution in [0.5, 0.6) is 5.75 Å². The number of sulfonamides is 1. The minimum absolute atomic E-state index is 0.108. The van der Waals surface area contributed by atoms with E-state index in [2.05, 4.69) is 9.62 Å². The molecule has 1 unspecified atom stereocenters. The predicted molar refractivity (Wildman–Crippen MR) is 127 cm³/mol. The second-order valence-corrected chi connectivity index (χ2v) is 9.56. The van der Waals surface area contributed by atoms with Crippen molar-refractivity contribution >= 4 is 15.9 Å². The first-order valence-electron chi connectivity index (χ1n) is 11.2. The van der Waals surface area contributed by atoms with Crippen molar-refractivity contribution in [3.05, 3.63) is 59.7 Å². The van der Waals surface area contributed by atoms with E-state index in [0.717, 1.165) is 24.4 Å². The van der Waals surface area contributed by atoms with Crippen molar-refractivity contribution in [2.24, 2.45) is 0 Å². The molecule has 0 saturated carbocycles. The van der Waals surface area contributed by atoms with E-state index in [9.17, 15) is 13.2 Å². The Morgan fingerprint density at radius 2 is 1.67 bits per heavy atom. The van der Waals surface area contributed by atoms with Crippen molar-refractivity contribution in [2.45, 2.75) is 24.8 Å². The Hall–Kier alpha value is -2.46. The van der Waals surface area contributed by atoms with Gasteiger partial charge < -0.3 is 14.4 Å². The van der Waals surface area contributed by atoms with Gasteiger partial charge in [-0.3, -0.25) is 9.69 Å². The van der Waals surface area contributed by atoms with Gasteiger partial charge in [0.1, 0.15) is 5.75 Å². The van der Waals surface area contributed by atoms with E-state index >= 15 is 0 Å². The lowest BCUT2D eigenvalue weighted by Crippen LogP contribution is -2.43. The number of carbonyl (C=O) groups is 1. The number of morpholine rings is 1. The molecule has 0 radical (unpaired) electrons. The number of rotatable bonds is 10. The third kappa shape index (κ3) is 6.32. The third-order valence-electron chi connectivity index (χ3n) is 5.92. The van der Waals surface area contributed by atoms with Crippen LogP contribution in [0.25, 0.3) is 0 Å². The fourth-order valence-corrected chi connectivity index (χ4v) is 4.95. The van der Waals surface area contributed by atoms with Crippen molar-refractivity contribution < 1.29 is 22.7 Å². The summed E-state index contributed by atoms with van der Waals surface area (Å²) in [5.74, 6) is 0.642. The molecule has 1 aliphatic rings. The van der Waals surface area contributed by atoms with Crippen molar-refractivity contribution in [2.75, 3.05) is 53.0 Å². The highest BCUT2D eigenvalue weighted by Crippen LogP contribution is 2.24. The number of carbonyl (C=O) groups excluding carboxylic acids is 1. The van der Waals surface area contributed by atoms with Gasteiger partial charge in [-0.05, 0) is 55.8 Å². The first-order chi connectivity index (χ1) is 15.9. The molecule has 2 aromatic carbocycles. The molecule has 1 N–H and O–H groups in total. The van der Waals surface area contributed by atoms with Gasteiger partial charge in [0, 0.05) is 44.3 Å². The first-order valence-corrected chi connectivity index (χ1v) is 12.7. The van der Waals surface area contributed by atoms with Crippen molar-refractivity contribution in [1.82, 2.24) is 14.5 Å². The van der Waals surface area contributed by atoms with E-state index in [4.69, 9.17) is 9.47 Å². The van der Waals surface area contributed by atoms with Crippen LogP contribution in [-0.4, -0.2) is 77.2 Å². The molecule has 3 rings (SSSR count). The second kappa shape index (κ2) is 11.6. The Balaban J connectivity index is 1.75. The summed E-state index contributed by atoms with van der Waals surface area (Å²) in [4.78, 5) is 16.6. The predicted octanol–water partition coefficient (Wildman–Crippen LogP) is 2.53. The Morgan fingerprint density at radius 1 is 1.06 bits per heavy atom. The molecular weight excluding hydrogens is 442 g/mol. The fraction of sp³-hybridized carbons (Fsp3) is 0.458. The average molecular weight is 476 g/mol. The smallest absolute Gasteiger partial charge is 0.253 e. The lowest BCUT2D eigenvalue weighted by atomic mass is 10.0. The summed E-state index contributed by atoms with van der Waals surface area (Å²) in [6.07, 6.45) is 0. The highest BCUT2D eigenvalue weighted by atomic mass is 32.2. The molecule has 1 fully saturated rings. The summed E-state index contributed by atoms with van der Waals surface area (Å²) in [6.45, 7) is 7.92. The molecule has 1 saturated heterocycles. The maximum absolute atomic E-state index is 13.0. The summed E-state index contributed by atoms with van der Waals surface area (Å²) in [6, 6.07) is 13.6. The highest BCUT2D eigenvalue weighted by Gasteiger charge is 2.25. The quantitative estimate of drug-likeness (QED) is 0.568. The number of hydrogen-bond acceptors (Lipinski definition) is 6. The normalized spacial score (nSPS) is 15.7. The SMILES string of the molecule is CCN(CC)C(=O)c1ccc(S(=O)(=O)NCC(c2ccc(OC)cc2)N2CCOCC2)cc1. The number of ether oxygens (including phenoxy) is 2. The van der Waals surface area contributed by atoms with E-state index in [-0.39, 0.29) is 23.4 Å². The third-order valence-corrected chi connectivity index (χ3v) is 7.36. The zero-order valence-corrected chi connectivity index (χ0v) is 20.3. The standard InChI is InChI=1S/C24H33N3O5S/c1-4-26(5-2)24(28)20-8-12-22(13-9-20)33(29,30)25-18-23(27-14-16-32-17-15-27)19-6-10-21(31-3)11-7-19/h6-13,23,25H,4-5,14-18H2,1-3H3. The van der Waals surface area contributed by atoms with Crippen LogP contribution in [0.15, 0.2) is 53.4 Å². The van der Waals surface area contributed by atoms with E-state index in [1.165, 1.54) is 12.1 Å². The maximum atomic E-state index is 13.0. The van der Waals surface area contributed by atoms with Gasteiger partial charge >= 0.3 is 0 Å². The Morgan fingerprint density at radius 3 is 2.21 bits per heavy atom. The molecule has 8 nitrogen and oxygen atoms in total. The van der Waals surface area contributed by atoms with Gasteiger partial charge in [0.2, 0.25) is 10.0 Å². The minimum atomic E-state index is -3.75. The lowest BCUT2D eigenvalue weighted by molar-refractivity contribution is 0.0172. The first kappa shape index (κ1) is 25.2. The molecule has 33 heavy (non-hydrogen) atoms. The molecule has 9 heteroatoms. The largest absolute Gasteiger partial charge is 0.497 e. The zero-order chi connectivity index (χ0) is 23.8. The van der Waals surface area contributed by atoms with Gasteiger partial charge in [-0.15, -0.1) is 0 Å². The molecule has 2 aromatic rings. The van der Waals surface area contributed by atoms with Crippen LogP contribution in [0.2, 0.25) is 0 Å². The van der Waals surface area contributed by atoms with E-state index in [1.54, 1.807) is 24.1 Å². The molecule has 0 aromatic heterocycles. The van der Waals surface area contributed by atoms with Gasteiger partial charge in [-0.25, -0.2) is 13.1 Å². The van der Waals surface area contributed by atoms with Gasteiger partial charge in [0.25, 0.3) is 5.91 Å². The molecule has 0 bridgehead atoms. The highest BCUT2D eigenvalue weighted by molar-refractivity contribution is 7.89. The number of hydrogen-bond donors (Lipinski definition) is 1. The minimum Gasteiger partial charge on any atom is -0.497 e. The maximum Gasteiger partial charge on any atom is 0.253 e. The van der Waals surface area contributed by atoms with E-state index in [0.29, 0.717) is 31.9 Å². The molecule has 1 atom stereocenters. The Kier molecular flexibility index (Phi) is 8.85. The fourth-order valence-electron chi connectivity index (χ4n) is 3.92. The molecular formula is C24H33N3O5S. The van der Waals surface area contributed by atoms with E-state index in [1.807, 2.05) is 38.1 Å². The summed E-state index contributed by atoms with van der Waals surface area (Å²) < 4.78 is 39.5. The average Bonchev–Trinajstić information content (AvgIpc) is 2.86. The van der Waals surface area contributed by atoms with Crippen LogP contribution >= 0.6 is 0 Å². The van der Waals surface area contributed by atoms with Crippen LogP contribution < -0.4 is 9.46 Å². The number of benzene rings is 2. The lowest BCUT2D eigenvalue weighted by Gasteiger charge is -2.35. The molecule has 1 amide bonds. The van der Waals surface area contributed by atoms with Crippen LogP contribution in [-0.2, 0) is 14.8 Å². The van der Waals surface area contributed by atoms with E-state index < -0.39 is 10.0 Å². The van der Waals surface area contributed by atoms with Crippen LogP contribution in [0.4, 0.5) is 0 Å². The topological polar surface area (TPSA) is 88.2 Å². The summed E-state index contributed by atoms with van der Waals surface area (Å²) >= 11 is 0. The second-order valence-electron chi connectivity index (χ2n) is 7.79. The molecule has 0 aliphatic carbocycles. The summed E-state index contributed by atoms with van der Waals surface area (Å²) in [5.41, 5.74) is 1.47.